The number of amides is 1. The highest BCUT2D eigenvalue weighted by molar-refractivity contribution is 9.10. The third-order valence-electron chi connectivity index (χ3n) is 3.69. The first kappa shape index (κ1) is 19.4. The average molecular weight is 429 g/mol. The Morgan fingerprint density at radius 1 is 1.36 bits per heavy atom. The van der Waals surface area contributed by atoms with Crippen molar-refractivity contribution in [3.63, 3.8) is 0 Å². The predicted molar refractivity (Wildman–Crippen MR) is 103 cm³/mol. The van der Waals surface area contributed by atoms with E-state index in [4.69, 9.17) is 10.5 Å². The predicted octanol–water partition coefficient (Wildman–Crippen LogP) is 3.09. The van der Waals surface area contributed by atoms with Crippen LogP contribution in [0.25, 0.3) is 0 Å². The van der Waals surface area contributed by atoms with Crippen LogP contribution in [0.15, 0.2) is 34.9 Å². The first-order valence-electron chi connectivity index (χ1n) is 7.67. The second-order valence-corrected chi connectivity index (χ2v) is 6.33. The molecule has 1 atom stereocenters. The molecule has 4 N–H and O–H groups in total. The standard InChI is InChI=1S/C16H18BrN5O2.ClH/c17-13-9-20-16(21-11-5-3-10(4-6-11)14(18)23)22-15(13)19-8-12-2-1-7-24-12;/h3-6,9,12H,1-2,7-8H2,(H2,18,23)(H2,19,20,21,22);1H. The molecule has 1 saturated heterocycles. The number of halogens is 2. The molecule has 0 radical (unpaired) electrons. The third kappa shape index (κ3) is 5.29. The van der Waals surface area contributed by atoms with Gasteiger partial charge in [0.25, 0.3) is 0 Å². The van der Waals surface area contributed by atoms with Crippen LogP contribution in [0.2, 0.25) is 0 Å². The molecule has 2 aromatic rings. The third-order valence-corrected chi connectivity index (χ3v) is 4.27. The summed E-state index contributed by atoms with van der Waals surface area (Å²) >= 11 is 3.44. The number of anilines is 3. The van der Waals surface area contributed by atoms with Crippen LogP contribution in [-0.2, 0) is 4.74 Å². The summed E-state index contributed by atoms with van der Waals surface area (Å²) in [5.41, 5.74) is 6.46. The molecule has 7 nitrogen and oxygen atoms in total. The number of rotatable bonds is 6. The fourth-order valence-electron chi connectivity index (χ4n) is 2.41. The topological polar surface area (TPSA) is 102 Å². The molecule has 1 aromatic heterocycles. The molecule has 1 fully saturated rings. The molecule has 1 amide bonds. The summed E-state index contributed by atoms with van der Waals surface area (Å²) in [5, 5.41) is 6.38. The molecule has 0 aliphatic carbocycles. The zero-order valence-electron chi connectivity index (χ0n) is 13.4. The summed E-state index contributed by atoms with van der Waals surface area (Å²) in [5.74, 6) is 0.707. The molecular weight excluding hydrogens is 410 g/mol. The molecule has 1 aliphatic rings. The van der Waals surface area contributed by atoms with Gasteiger partial charge in [-0.15, -0.1) is 12.4 Å². The van der Waals surface area contributed by atoms with Crippen LogP contribution < -0.4 is 16.4 Å². The number of benzene rings is 1. The van der Waals surface area contributed by atoms with Gasteiger partial charge in [0.1, 0.15) is 5.82 Å². The quantitative estimate of drug-likeness (QED) is 0.653. The lowest BCUT2D eigenvalue weighted by Gasteiger charge is -2.13. The minimum atomic E-state index is -0.456. The van der Waals surface area contributed by atoms with Gasteiger partial charge in [0.05, 0.1) is 10.6 Å². The van der Waals surface area contributed by atoms with E-state index >= 15 is 0 Å². The Morgan fingerprint density at radius 3 is 2.76 bits per heavy atom. The first-order valence-corrected chi connectivity index (χ1v) is 8.46. The number of carbonyl (C=O) groups excluding carboxylic acids is 1. The van der Waals surface area contributed by atoms with Crippen molar-refractivity contribution in [1.82, 2.24) is 9.97 Å². The van der Waals surface area contributed by atoms with Crippen molar-refractivity contribution in [2.24, 2.45) is 5.73 Å². The summed E-state index contributed by atoms with van der Waals surface area (Å²) in [6.07, 6.45) is 4.08. The van der Waals surface area contributed by atoms with Gasteiger partial charge >= 0.3 is 0 Å². The smallest absolute Gasteiger partial charge is 0.248 e. The highest BCUT2D eigenvalue weighted by atomic mass is 79.9. The summed E-state index contributed by atoms with van der Waals surface area (Å²) in [6, 6.07) is 6.82. The number of nitrogens with zero attached hydrogens (tertiary/aromatic N) is 2. The molecule has 2 heterocycles. The minimum Gasteiger partial charge on any atom is -0.376 e. The monoisotopic (exact) mass is 427 g/mol. The normalized spacial score (nSPS) is 16.1. The molecule has 1 aliphatic heterocycles. The molecular formula is C16H19BrClN5O2. The van der Waals surface area contributed by atoms with E-state index in [0.29, 0.717) is 23.9 Å². The number of nitrogens with one attached hydrogen (secondary N) is 2. The largest absolute Gasteiger partial charge is 0.376 e. The molecule has 0 saturated carbocycles. The zero-order valence-corrected chi connectivity index (χ0v) is 15.8. The van der Waals surface area contributed by atoms with E-state index in [-0.39, 0.29) is 18.5 Å². The molecule has 0 spiro atoms. The lowest BCUT2D eigenvalue weighted by Crippen LogP contribution is -2.19. The summed E-state index contributed by atoms with van der Waals surface area (Å²) < 4.78 is 6.38. The first-order chi connectivity index (χ1) is 11.6. The Kier molecular flexibility index (Phi) is 6.98. The van der Waals surface area contributed by atoms with Crippen molar-refractivity contribution in [1.29, 1.82) is 0 Å². The Bertz CT molecular complexity index is 723. The van der Waals surface area contributed by atoms with Gasteiger partial charge in [-0.3, -0.25) is 4.79 Å². The van der Waals surface area contributed by atoms with Crippen molar-refractivity contribution < 1.29 is 9.53 Å². The van der Waals surface area contributed by atoms with Crippen molar-refractivity contribution in [2.45, 2.75) is 18.9 Å². The summed E-state index contributed by atoms with van der Waals surface area (Å²) in [7, 11) is 0. The molecule has 0 bridgehead atoms. The molecule has 25 heavy (non-hydrogen) atoms. The maximum atomic E-state index is 11.1. The average Bonchev–Trinajstić information content (AvgIpc) is 3.09. The Balaban J connectivity index is 0.00000225. The number of ether oxygens (including phenoxy) is 1. The van der Waals surface area contributed by atoms with Crippen LogP contribution in [0, 0.1) is 0 Å². The number of hydrogen-bond donors (Lipinski definition) is 3. The van der Waals surface area contributed by atoms with Crippen LogP contribution >= 0.6 is 28.3 Å². The van der Waals surface area contributed by atoms with Gasteiger partial charge in [-0.1, -0.05) is 0 Å². The Labute approximate surface area is 160 Å². The van der Waals surface area contributed by atoms with Crippen molar-refractivity contribution >= 4 is 51.7 Å². The number of aromatic nitrogens is 2. The molecule has 3 rings (SSSR count). The summed E-state index contributed by atoms with van der Waals surface area (Å²) in [6.45, 7) is 1.54. The van der Waals surface area contributed by atoms with Crippen molar-refractivity contribution in [3.8, 4) is 0 Å². The van der Waals surface area contributed by atoms with E-state index in [1.165, 1.54) is 0 Å². The zero-order chi connectivity index (χ0) is 16.9. The molecule has 134 valence electrons. The van der Waals surface area contributed by atoms with Crippen LogP contribution in [0.4, 0.5) is 17.5 Å². The van der Waals surface area contributed by atoms with E-state index in [0.717, 1.165) is 29.6 Å². The maximum absolute atomic E-state index is 11.1. The number of hydrogen-bond acceptors (Lipinski definition) is 6. The van der Waals surface area contributed by atoms with Crippen LogP contribution in [0.5, 0.6) is 0 Å². The Hall–Kier alpha value is -1.90. The summed E-state index contributed by atoms with van der Waals surface area (Å²) in [4.78, 5) is 19.8. The van der Waals surface area contributed by atoms with E-state index in [1.54, 1.807) is 30.5 Å². The molecule has 1 unspecified atom stereocenters. The van der Waals surface area contributed by atoms with E-state index in [2.05, 4.69) is 36.5 Å². The fraction of sp³-hybridized carbons (Fsp3) is 0.312. The van der Waals surface area contributed by atoms with E-state index in [1.807, 2.05) is 0 Å². The van der Waals surface area contributed by atoms with Gasteiger partial charge in [-0.2, -0.15) is 4.98 Å². The van der Waals surface area contributed by atoms with Gasteiger partial charge in [-0.25, -0.2) is 4.98 Å². The SMILES string of the molecule is Cl.NC(=O)c1ccc(Nc2ncc(Br)c(NCC3CCCO3)n2)cc1. The van der Waals surface area contributed by atoms with Crippen molar-refractivity contribution in [2.75, 3.05) is 23.8 Å². The van der Waals surface area contributed by atoms with Gasteiger partial charge in [0.2, 0.25) is 11.9 Å². The van der Waals surface area contributed by atoms with Crippen LogP contribution in [0.1, 0.15) is 23.2 Å². The minimum absolute atomic E-state index is 0. The maximum Gasteiger partial charge on any atom is 0.248 e. The number of primary amides is 1. The Morgan fingerprint density at radius 2 is 2.12 bits per heavy atom. The van der Waals surface area contributed by atoms with Gasteiger partial charge < -0.3 is 21.1 Å². The van der Waals surface area contributed by atoms with E-state index in [9.17, 15) is 4.79 Å². The lowest BCUT2D eigenvalue weighted by molar-refractivity contribution is 0.100. The second-order valence-electron chi connectivity index (χ2n) is 5.47. The highest BCUT2D eigenvalue weighted by Gasteiger charge is 2.16. The number of carbonyl (C=O) groups is 1. The van der Waals surface area contributed by atoms with E-state index < -0.39 is 5.91 Å². The van der Waals surface area contributed by atoms with Gasteiger partial charge in [-0.05, 0) is 53.0 Å². The highest BCUT2D eigenvalue weighted by Crippen LogP contribution is 2.23. The van der Waals surface area contributed by atoms with Crippen molar-refractivity contribution in [3.05, 3.63) is 40.5 Å². The van der Waals surface area contributed by atoms with Crippen LogP contribution in [-0.4, -0.2) is 35.1 Å². The molecule has 1 aromatic carbocycles. The van der Waals surface area contributed by atoms with Crippen LogP contribution in [0.3, 0.4) is 0 Å². The van der Waals surface area contributed by atoms with Gasteiger partial charge in [0, 0.05) is 30.6 Å². The fourth-order valence-corrected chi connectivity index (χ4v) is 2.75. The van der Waals surface area contributed by atoms with Gasteiger partial charge in [0.15, 0.2) is 0 Å². The second kappa shape index (κ2) is 8.98. The molecule has 9 heteroatoms. The lowest BCUT2D eigenvalue weighted by atomic mass is 10.2. The number of nitrogens with two attached hydrogens (primary N) is 1.